The summed E-state index contributed by atoms with van der Waals surface area (Å²) in [6.45, 7) is 6.73. The molecule has 0 saturated heterocycles. The number of rotatable bonds is 6. The average Bonchev–Trinajstić information content (AvgIpc) is 3.25. The van der Waals surface area contributed by atoms with Gasteiger partial charge in [-0.15, -0.1) is 11.3 Å². The number of fused-ring (bicyclic) bond motifs is 1. The summed E-state index contributed by atoms with van der Waals surface area (Å²) in [4.78, 5) is 25.0. The average molecular weight is 436 g/mol. The number of benzene rings is 1. The standard InChI is InChI=1S/C25H29N3O2S/c1-4-24-27-17(15-31-24)14-28(18-11-12-22(16(2)3)26-13-18)25(30)21-9-5-8-20-19(21)7-6-10-23(20)29/h6-7,10-13,15-16,21,29H,4-5,8-9,14H2,1-3H3. The molecule has 1 aromatic carbocycles. The van der Waals surface area contributed by atoms with Crippen molar-refractivity contribution in [3.63, 3.8) is 0 Å². The van der Waals surface area contributed by atoms with Crippen LogP contribution >= 0.6 is 11.3 Å². The summed E-state index contributed by atoms with van der Waals surface area (Å²) in [6.07, 6.45) is 5.16. The molecule has 162 valence electrons. The van der Waals surface area contributed by atoms with E-state index < -0.39 is 0 Å². The second-order valence-electron chi connectivity index (χ2n) is 8.40. The molecule has 1 amide bonds. The van der Waals surface area contributed by atoms with Crippen molar-refractivity contribution in [2.24, 2.45) is 0 Å². The Bertz CT molecular complexity index is 1060. The summed E-state index contributed by atoms with van der Waals surface area (Å²) in [5.74, 6) is 0.384. The first-order valence-electron chi connectivity index (χ1n) is 11.0. The molecule has 5 nitrogen and oxygen atoms in total. The number of thiazole rings is 1. The van der Waals surface area contributed by atoms with E-state index in [1.165, 1.54) is 0 Å². The van der Waals surface area contributed by atoms with Crippen molar-refractivity contribution in [1.82, 2.24) is 9.97 Å². The van der Waals surface area contributed by atoms with Gasteiger partial charge in [-0.2, -0.15) is 0 Å². The third-order valence-corrected chi connectivity index (χ3v) is 6.98. The zero-order valence-electron chi connectivity index (χ0n) is 18.3. The van der Waals surface area contributed by atoms with Crippen LogP contribution in [0.2, 0.25) is 0 Å². The fraction of sp³-hybridized carbons (Fsp3) is 0.400. The fourth-order valence-electron chi connectivity index (χ4n) is 4.22. The zero-order valence-corrected chi connectivity index (χ0v) is 19.2. The lowest BCUT2D eigenvalue weighted by Gasteiger charge is -2.31. The Morgan fingerprint density at radius 1 is 1.29 bits per heavy atom. The second kappa shape index (κ2) is 9.18. The summed E-state index contributed by atoms with van der Waals surface area (Å²) in [7, 11) is 0. The van der Waals surface area contributed by atoms with Crippen molar-refractivity contribution in [2.45, 2.75) is 64.8 Å². The van der Waals surface area contributed by atoms with E-state index in [2.05, 4.69) is 25.8 Å². The Kier molecular flexibility index (Phi) is 6.37. The minimum Gasteiger partial charge on any atom is -0.508 e. The first-order valence-corrected chi connectivity index (χ1v) is 11.9. The van der Waals surface area contributed by atoms with Crippen LogP contribution in [0, 0.1) is 0 Å². The number of pyridine rings is 1. The van der Waals surface area contributed by atoms with Crippen molar-refractivity contribution in [2.75, 3.05) is 4.90 Å². The Labute approximate surface area is 187 Å². The Hall–Kier alpha value is -2.73. The number of hydrogen-bond donors (Lipinski definition) is 1. The molecule has 2 heterocycles. The highest BCUT2D eigenvalue weighted by Gasteiger charge is 2.32. The maximum absolute atomic E-state index is 13.9. The summed E-state index contributed by atoms with van der Waals surface area (Å²) < 4.78 is 0. The molecule has 1 atom stereocenters. The van der Waals surface area contributed by atoms with Gasteiger partial charge in [0.15, 0.2) is 0 Å². The van der Waals surface area contributed by atoms with Crippen LogP contribution in [0.3, 0.4) is 0 Å². The number of aromatic nitrogens is 2. The Morgan fingerprint density at radius 3 is 2.81 bits per heavy atom. The van der Waals surface area contributed by atoms with Gasteiger partial charge < -0.3 is 10.0 Å². The molecule has 1 unspecified atom stereocenters. The van der Waals surface area contributed by atoms with Crippen LogP contribution in [0.5, 0.6) is 5.75 Å². The maximum atomic E-state index is 13.9. The van der Waals surface area contributed by atoms with Crippen molar-refractivity contribution in [3.8, 4) is 5.75 Å². The molecule has 0 saturated carbocycles. The third kappa shape index (κ3) is 4.49. The molecule has 0 fully saturated rings. The minimum absolute atomic E-state index is 0.0386. The number of aryl methyl sites for hydroxylation is 1. The summed E-state index contributed by atoms with van der Waals surface area (Å²) >= 11 is 1.63. The molecular weight excluding hydrogens is 406 g/mol. The zero-order chi connectivity index (χ0) is 22.0. The topological polar surface area (TPSA) is 66.3 Å². The van der Waals surface area contributed by atoms with E-state index >= 15 is 0 Å². The smallest absolute Gasteiger partial charge is 0.234 e. The lowest BCUT2D eigenvalue weighted by atomic mass is 9.81. The largest absolute Gasteiger partial charge is 0.508 e. The highest BCUT2D eigenvalue weighted by atomic mass is 32.1. The number of aromatic hydroxyl groups is 1. The van der Waals surface area contributed by atoms with E-state index in [9.17, 15) is 9.90 Å². The van der Waals surface area contributed by atoms with Gasteiger partial charge >= 0.3 is 0 Å². The van der Waals surface area contributed by atoms with Gasteiger partial charge in [-0.3, -0.25) is 9.78 Å². The number of phenolic OH excluding ortho intramolecular Hbond substituents is 1. The molecule has 6 heteroatoms. The highest BCUT2D eigenvalue weighted by molar-refractivity contribution is 7.09. The number of hydrogen-bond acceptors (Lipinski definition) is 5. The number of amides is 1. The number of anilines is 1. The molecule has 0 aliphatic heterocycles. The van der Waals surface area contributed by atoms with Crippen LogP contribution in [-0.4, -0.2) is 21.0 Å². The Morgan fingerprint density at radius 2 is 2.13 bits per heavy atom. The predicted molar refractivity (Wildman–Crippen MR) is 125 cm³/mol. The third-order valence-electron chi connectivity index (χ3n) is 5.94. The number of phenols is 1. The molecule has 4 rings (SSSR count). The van der Waals surface area contributed by atoms with Crippen molar-refractivity contribution in [3.05, 3.63) is 69.4 Å². The maximum Gasteiger partial charge on any atom is 0.234 e. The van der Waals surface area contributed by atoms with Crippen LogP contribution in [0.25, 0.3) is 0 Å². The van der Waals surface area contributed by atoms with E-state index in [0.29, 0.717) is 12.5 Å². The molecule has 3 aromatic rings. The van der Waals surface area contributed by atoms with E-state index in [4.69, 9.17) is 4.98 Å². The minimum atomic E-state index is -0.273. The fourth-order valence-corrected chi connectivity index (χ4v) is 4.95. The van der Waals surface area contributed by atoms with Crippen molar-refractivity contribution < 1.29 is 9.90 Å². The van der Waals surface area contributed by atoms with Crippen molar-refractivity contribution in [1.29, 1.82) is 0 Å². The predicted octanol–water partition coefficient (Wildman–Crippen LogP) is 5.58. The summed E-state index contributed by atoms with van der Waals surface area (Å²) in [5, 5.41) is 13.4. The second-order valence-corrected chi connectivity index (χ2v) is 9.34. The monoisotopic (exact) mass is 435 g/mol. The normalized spacial score (nSPS) is 15.7. The van der Waals surface area contributed by atoms with Crippen LogP contribution in [-0.2, 0) is 24.2 Å². The first kappa shape index (κ1) is 21.5. The lowest BCUT2D eigenvalue weighted by Crippen LogP contribution is -2.36. The van der Waals surface area contributed by atoms with Gasteiger partial charge in [0.05, 0.1) is 35.0 Å². The molecule has 2 aromatic heterocycles. The van der Waals surface area contributed by atoms with Crippen LogP contribution in [0.4, 0.5) is 5.69 Å². The van der Waals surface area contributed by atoms with Crippen LogP contribution in [0.1, 0.15) is 73.0 Å². The lowest BCUT2D eigenvalue weighted by molar-refractivity contribution is -0.120. The number of nitrogens with zero attached hydrogens (tertiary/aromatic N) is 3. The van der Waals surface area contributed by atoms with Gasteiger partial charge in [0.2, 0.25) is 5.91 Å². The molecular formula is C25H29N3O2S. The number of carbonyl (C=O) groups is 1. The summed E-state index contributed by atoms with van der Waals surface area (Å²) in [6, 6.07) is 9.50. The van der Waals surface area contributed by atoms with Gasteiger partial charge in [-0.1, -0.05) is 32.9 Å². The molecule has 31 heavy (non-hydrogen) atoms. The highest BCUT2D eigenvalue weighted by Crippen LogP contribution is 2.38. The molecule has 0 bridgehead atoms. The molecule has 1 N–H and O–H groups in total. The van der Waals surface area contributed by atoms with Gasteiger partial charge in [-0.05, 0) is 60.9 Å². The molecule has 0 spiro atoms. The Balaban J connectivity index is 1.70. The number of carbonyl (C=O) groups excluding carboxylic acids is 1. The van der Waals surface area contributed by atoms with E-state index in [1.54, 1.807) is 23.6 Å². The van der Waals surface area contributed by atoms with E-state index in [1.807, 2.05) is 34.5 Å². The van der Waals surface area contributed by atoms with Gasteiger partial charge in [-0.25, -0.2) is 4.98 Å². The van der Waals surface area contributed by atoms with Gasteiger partial charge in [0, 0.05) is 11.1 Å². The van der Waals surface area contributed by atoms with E-state index in [0.717, 1.165) is 58.9 Å². The SMILES string of the molecule is CCc1nc(CN(C(=O)C2CCCc3c(O)cccc32)c2ccc(C(C)C)nc2)cs1. The van der Waals surface area contributed by atoms with Crippen molar-refractivity contribution >= 4 is 22.9 Å². The van der Waals surface area contributed by atoms with E-state index in [-0.39, 0.29) is 17.6 Å². The van der Waals surface area contributed by atoms with Crippen LogP contribution < -0.4 is 4.90 Å². The first-order chi connectivity index (χ1) is 15.0. The van der Waals surface area contributed by atoms with Gasteiger partial charge in [0.1, 0.15) is 5.75 Å². The quantitative estimate of drug-likeness (QED) is 0.549. The molecule has 1 aliphatic rings. The summed E-state index contributed by atoms with van der Waals surface area (Å²) in [5.41, 5.74) is 4.54. The molecule has 0 radical (unpaired) electrons. The van der Waals surface area contributed by atoms with Gasteiger partial charge in [0.25, 0.3) is 0 Å². The molecule has 1 aliphatic carbocycles. The van der Waals surface area contributed by atoms with Crippen LogP contribution in [0.15, 0.2) is 41.9 Å².